The molecule has 38 heavy (non-hydrogen) atoms. The standard InChI is InChI=1S/C29H35N3O5S/c1-8-34-28(33)29(6,7)37-26-18(2)13-22(14-19(26)3)15-32(17-25-30-11-12-35-25)16-23-21(5)36-27(31-23)24-10-9-20(4)38-24/h9-14H,8,15-17H2,1-7H3. The first kappa shape index (κ1) is 27.6. The van der Waals surface area contributed by atoms with Crippen LogP contribution in [0.3, 0.4) is 0 Å². The van der Waals surface area contributed by atoms with Crippen LogP contribution in [0.15, 0.2) is 45.6 Å². The second kappa shape index (κ2) is 11.5. The fourth-order valence-electron chi connectivity index (χ4n) is 4.28. The summed E-state index contributed by atoms with van der Waals surface area (Å²) in [6, 6.07) is 8.28. The minimum absolute atomic E-state index is 0.308. The molecule has 0 bridgehead atoms. The molecule has 0 aliphatic rings. The molecule has 0 saturated carbocycles. The predicted octanol–water partition coefficient (Wildman–Crippen LogP) is 6.55. The Morgan fingerprint density at radius 3 is 2.42 bits per heavy atom. The smallest absolute Gasteiger partial charge is 0.349 e. The van der Waals surface area contributed by atoms with Crippen molar-refractivity contribution in [3.05, 3.63) is 75.6 Å². The maximum atomic E-state index is 12.4. The van der Waals surface area contributed by atoms with Crippen LogP contribution in [0.25, 0.3) is 10.8 Å². The molecule has 0 atom stereocenters. The number of aromatic nitrogens is 2. The SMILES string of the molecule is CCOC(=O)C(C)(C)Oc1c(C)cc(CN(Cc2ncco2)Cc2nc(-c3ccc(C)s3)oc2C)cc1C. The molecule has 0 aliphatic heterocycles. The van der Waals surface area contributed by atoms with Crippen molar-refractivity contribution in [2.45, 2.75) is 73.7 Å². The van der Waals surface area contributed by atoms with Crippen LogP contribution in [-0.4, -0.2) is 33.0 Å². The molecular weight excluding hydrogens is 502 g/mol. The zero-order valence-corrected chi connectivity index (χ0v) is 23.9. The van der Waals surface area contributed by atoms with Crippen LogP contribution < -0.4 is 4.74 Å². The van der Waals surface area contributed by atoms with Gasteiger partial charge in [-0.25, -0.2) is 14.8 Å². The summed E-state index contributed by atoms with van der Waals surface area (Å²) in [6.45, 7) is 15.2. The van der Waals surface area contributed by atoms with E-state index >= 15 is 0 Å². The van der Waals surface area contributed by atoms with E-state index < -0.39 is 5.60 Å². The lowest BCUT2D eigenvalue weighted by Crippen LogP contribution is -2.40. The van der Waals surface area contributed by atoms with E-state index in [4.69, 9.17) is 23.3 Å². The lowest BCUT2D eigenvalue weighted by Gasteiger charge is -2.27. The number of carbonyl (C=O) groups is 1. The van der Waals surface area contributed by atoms with Crippen molar-refractivity contribution < 1.29 is 23.1 Å². The topological polar surface area (TPSA) is 90.8 Å². The summed E-state index contributed by atoms with van der Waals surface area (Å²) in [4.78, 5) is 26.0. The minimum Gasteiger partial charge on any atom is -0.476 e. The van der Waals surface area contributed by atoms with Gasteiger partial charge in [0.05, 0.1) is 29.9 Å². The first-order chi connectivity index (χ1) is 18.1. The van der Waals surface area contributed by atoms with Crippen molar-refractivity contribution in [3.63, 3.8) is 0 Å². The third-order valence-corrected chi connectivity index (χ3v) is 7.10. The number of aryl methyl sites for hydroxylation is 4. The first-order valence-corrected chi connectivity index (χ1v) is 13.5. The van der Waals surface area contributed by atoms with Crippen molar-refractivity contribution in [1.82, 2.24) is 14.9 Å². The third kappa shape index (κ3) is 6.52. The molecule has 1 aromatic carbocycles. The Balaban J connectivity index is 1.56. The molecule has 9 heteroatoms. The van der Waals surface area contributed by atoms with Gasteiger partial charge in [-0.3, -0.25) is 4.90 Å². The Morgan fingerprint density at radius 1 is 1.08 bits per heavy atom. The van der Waals surface area contributed by atoms with Crippen LogP contribution >= 0.6 is 11.3 Å². The van der Waals surface area contributed by atoms with Gasteiger partial charge in [0.15, 0.2) is 5.60 Å². The Hall–Kier alpha value is -3.43. The van der Waals surface area contributed by atoms with Gasteiger partial charge in [-0.05, 0) is 77.3 Å². The second-order valence-corrected chi connectivity index (χ2v) is 11.2. The Labute approximate surface area is 227 Å². The molecule has 0 fully saturated rings. The van der Waals surface area contributed by atoms with Gasteiger partial charge < -0.3 is 18.3 Å². The summed E-state index contributed by atoms with van der Waals surface area (Å²) < 4.78 is 22.9. The molecular formula is C29H35N3O5S. The van der Waals surface area contributed by atoms with Crippen LogP contribution in [0.4, 0.5) is 0 Å². The van der Waals surface area contributed by atoms with Crippen molar-refractivity contribution in [2.24, 2.45) is 0 Å². The Bertz CT molecular complexity index is 1360. The van der Waals surface area contributed by atoms with Crippen LogP contribution in [-0.2, 0) is 29.2 Å². The third-order valence-electron chi connectivity index (χ3n) is 6.11. The van der Waals surface area contributed by atoms with Gasteiger partial charge in [0.1, 0.15) is 17.8 Å². The number of hydrogen-bond acceptors (Lipinski definition) is 9. The monoisotopic (exact) mass is 537 g/mol. The highest BCUT2D eigenvalue weighted by Gasteiger charge is 2.32. The van der Waals surface area contributed by atoms with E-state index in [1.807, 2.05) is 26.8 Å². The average molecular weight is 538 g/mol. The quantitative estimate of drug-likeness (QED) is 0.199. The molecule has 3 heterocycles. The normalized spacial score (nSPS) is 11.8. The highest BCUT2D eigenvalue weighted by atomic mass is 32.1. The van der Waals surface area contributed by atoms with Gasteiger partial charge >= 0.3 is 5.97 Å². The minimum atomic E-state index is -1.09. The fourth-order valence-corrected chi connectivity index (χ4v) is 5.08. The second-order valence-electron chi connectivity index (χ2n) is 9.89. The van der Waals surface area contributed by atoms with Crippen molar-refractivity contribution >= 4 is 17.3 Å². The van der Waals surface area contributed by atoms with E-state index in [9.17, 15) is 4.79 Å². The van der Waals surface area contributed by atoms with E-state index in [1.54, 1.807) is 44.6 Å². The number of ether oxygens (including phenoxy) is 2. The first-order valence-electron chi connectivity index (χ1n) is 12.7. The molecule has 0 saturated heterocycles. The van der Waals surface area contributed by atoms with Gasteiger partial charge in [0, 0.05) is 18.0 Å². The van der Waals surface area contributed by atoms with E-state index in [0.717, 1.165) is 33.0 Å². The maximum Gasteiger partial charge on any atom is 0.349 e. The number of oxazole rings is 2. The van der Waals surface area contributed by atoms with E-state index in [2.05, 4.69) is 35.0 Å². The lowest BCUT2D eigenvalue weighted by atomic mass is 10.0. The highest BCUT2D eigenvalue weighted by Crippen LogP contribution is 2.31. The van der Waals surface area contributed by atoms with Crippen molar-refractivity contribution in [2.75, 3.05) is 6.61 Å². The summed E-state index contributed by atoms with van der Waals surface area (Å²) in [5.74, 6) is 2.36. The van der Waals surface area contributed by atoms with Crippen molar-refractivity contribution in [1.29, 1.82) is 0 Å². The molecule has 0 radical (unpaired) electrons. The molecule has 0 unspecified atom stereocenters. The fraction of sp³-hybridized carbons (Fsp3) is 0.414. The Kier molecular flexibility index (Phi) is 8.38. The van der Waals surface area contributed by atoms with Crippen LogP contribution in [0.2, 0.25) is 0 Å². The summed E-state index contributed by atoms with van der Waals surface area (Å²) in [6.07, 6.45) is 3.23. The van der Waals surface area contributed by atoms with E-state index in [0.29, 0.717) is 43.8 Å². The van der Waals surface area contributed by atoms with Crippen LogP contribution in [0, 0.1) is 27.7 Å². The summed E-state index contributed by atoms with van der Waals surface area (Å²) in [5, 5.41) is 0. The van der Waals surface area contributed by atoms with Crippen LogP contribution in [0.1, 0.15) is 59.7 Å². The molecule has 202 valence electrons. The summed E-state index contributed by atoms with van der Waals surface area (Å²) >= 11 is 1.67. The number of benzene rings is 1. The van der Waals surface area contributed by atoms with Gasteiger partial charge in [0.2, 0.25) is 11.8 Å². The van der Waals surface area contributed by atoms with E-state index in [1.165, 1.54) is 4.88 Å². The highest BCUT2D eigenvalue weighted by molar-refractivity contribution is 7.15. The molecule has 4 rings (SSSR count). The van der Waals surface area contributed by atoms with Gasteiger partial charge in [-0.15, -0.1) is 11.3 Å². The Morgan fingerprint density at radius 2 is 1.82 bits per heavy atom. The average Bonchev–Trinajstić information content (AvgIpc) is 3.59. The summed E-state index contributed by atoms with van der Waals surface area (Å²) in [7, 11) is 0. The predicted molar refractivity (Wildman–Crippen MR) is 146 cm³/mol. The van der Waals surface area contributed by atoms with Crippen LogP contribution in [0.5, 0.6) is 5.75 Å². The number of rotatable bonds is 11. The number of thiophene rings is 1. The molecule has 4 aromatic rings. The van der Waals surface area contributed by atoms with Gasteiger partial charge in [-0.1, -0.05) is 12.1 Å². The number of nitrogens with zero attached hydrogens (tertiary/aromatic N) is 3. The molecule has 0 amide bonds. The number of carbonyl (C=O) groups excluding carboxylic acids is 1. The molecule has 0 aliphatic carbocycles. The molecule has 8 nitrogen and oxygen atoms in total. The maximum absolute atomic E-state index is 12.4. The summed E-state index contributed by atoms with van der Waals surface area (Å²) in [5.41, 5.74) is 2.78. The number of esters is 1. The zero-order chi connectivity index (χ0) is 27.4. The van der Waals surface area contributed by atoms with E-state index in [-0.39, 0.29) is 5.97 Å². The zero-order valence-electron chi connectivity index (χ0n) is 23.1. The molecule has 0 N–H and O–H groups in total. The molecule has 3 aromatic heterocycles. The lowest BCUT2D eigenvalue weighted by molar-refractivity contribution is -0.158. The largest absolute Gasteiger partial charge is 0.476 e. The molecule has 0 spiro atoms. The number of hydrogen-bond donors (Lipinski definition) is 0. The van der Waals surface area contributed by atoms with Crippen molar-refractivity contribution in [3.8, 4) is 16.5 Å². The van der Waals surface area contributed by atoms with Gasteiger partial charge in [0.25, 0.3) is 0 Å². The van der Waals surface area contributed by atoms with Gasteiger partial charge in [-0.2, -0.15) is 0 Å².